The second-order valence-electron chi connectivity index (χ2n) is 1.95. The van der Waals surface area contributed by atoms with Crippen LogP contribution in [0.1, 0.15) is 26.7 Å². The number of thiol groups is 1. The minimum Gasteiger partial charge on any atom is -0.269 e. The molecule has 0 N–H and O–H groups in total. The van der Waals surface area contributed by atoms with Gasteiger partial charge in [-0.1, -0.05) is 26.7 Å². The molecular formula is C6H18F3NS. The Balaban J connectivity index is -0.0000000817. The Morgan fingerprint density at radius 2 is 1.18 bits per heavy atom. The molecule has 0 spiro atoms. The Morgan fingerprint density at radius 3 is 1.36 bits per heavy atom. The van der Waals surface area contributed by atoms with Crippen LogP contribution in [0.3, 0.4) is 0 Å². The summed E-state index contributed by atoms with van der Waals surface area (Å²) >= 11 is 4.22. The van der Waals surface area contributed by atoms with Crippen LogP contribution in [0.2, 0.25) is 0 Å². The van der Waals surface area contributed by atoms with Crippen molar-refractivity contribution >= 4 is 12.8 Å². The molecule has 0 saturated carbocycles. The Morgan fingerprint density at radius 1 is 0.909 bits per heavy atom. The zero-order chi connectivity index (χ0) is 6.41. The van der Waals surface area contributed by atoms with E-state index in [4.69, 9.17) is 0 Å². The highest BCUT2D eigenvalue weighted by atomic mass is 32.1. The van der Waals surface area contributed by atoms with Crippen molar-refractivity contribution in [1.82, 2.24) is 4.31 Å². The molecule has 0 rings (SSSR count). The summed E-state index contributed by atoms with van der Waals surface area (Å²) in [7, 11) is 0. The van der Waals surface area contributed by atoms with E-state index in [2.05, 4.69) is 31.0 Å². The molecule has 0 amide bonds. The number of hydrogen-bond donors (Lipinski definition) is 1. The van der Waals surface area contributed by atoms with Gasteiger partial charge >= 0.3 is 0 Å². The average Bonchev–Trinajstić information content (AvgIpc) is 1.68. The largest absolute Gasteiger partial charge is 0.269 e. The van der Waals surface area contributed by atoms with Gasteiger partial charge in [-0.3, -0.25) is 18.4 Å². The molecule has 0 atom stereocenters. The molecule has 0 fully saturated rings. The standard InChI is InChI=1S/C6H15NS.3FH/c1-3-5-7(8)6-4-2;;;/h8H,3-6H2,1-2H3;3*1H. The SMILES string of the molecule is CCCN(S)CCC.F.F.F. The predicted octanol–water partition coefficient (Wildman–Crippen LogP) is 2.41. The van der Waals surface area contributed by atoms with E-state index < -0.39 is 0 Å². The van der Waals surface area contributed by atoms with Crippen LogP contribution in [0.25, 0.3) is 0 Å². The van der Waals surface area contributed by atoms with Gasteiger partial charge in [0.2, 0.25) is 0 Å². The first kappa shape index (κ1) is 22.5. The van der Waals surface area contributed by atoms with Gasteiger partial charge in [0.1, 0.15) is 0 Å². The van der Waals surface area contributed by atoms with Crippen LogP contribution in [-0.2, 0) is 0 Å². The maximum absolute atomic E-state index is 4.22. The molecule has 0 aromatic carbocycles. The molecule has 0 unspecified atom stereocenters. The Labute approximate surface area is 71.8 Å². The third-order valence-corrected chi connectivity index (χ3v) is 1.36. The van der Waals surface area contributed by atoms with Gasteiger partial charge in [0.15, 0.2) is 0 Å². The zero-order valence-electron chi connectivity index (χ0n) is 6.95. The lowest BCUT2D eigenvalue weighted by molar-refractivity contribution is 0.473. The summed E-state index contributed by atoms with van der Waals surface area (Å²) in [5.74, 6) is 0. The monoisotopic (exact) mass is 193 g/mol. The van der Waals surface area contributed by atoms with E-state index in [1.807, 2.05) is 0 Å². The van der Waals surface area contributed by atoms with Crippen LogP contribution in [0.15, 0.2) is 0 Å². The predicted molar refractivity (Wildman–Crippen MR) is 48.7 cm³/mol. The lowest BCUT2D eigenvalue weighted by atomic mass is 10.4. The second kappa shape index (κ2) is 16.6. The van der Waals surface area contributed by atoms with Gasteiger partial charge in [-0.25, -0.2) is 0 Å². The van der Waals surface area contributed by atoms with E-state index in [9.17, 15) is 0 Å². The first-order chi connectivity index (χ1) is 3.81. The fourth-order valence-corrected chi connectivity index (χ4v) is 1.03. The molecule has 11 heavy (non-hydrogen) atoms. The second-order valence-corrected chi connectivity index (χ2v) is 2.52. The third kappa shape index (κ3) is 17.8. The van der Waals surface area contributed by atoms with Gasteiger partial charge in [0.25, 0.3) is 0 Å². The molecule has 5 heteroatoms. The third-order valence-electron chi connectivity index (χ3n) is 0.963. The lowest BCUT2D eigenvalue weighted by Gasteiger charge is -2.10. The molecular weight excluding hydrogens is 175 g/mol. The summed E-state index contributed by atoms with van der Waals surface area (Å²) in [6, 6.07) is 0. The Bertz CT molecular complexity index is 51.1. The molecule has 74 valence electrons. The molecule has 0 heterocycles. The van der Waals surface area contributed by atoms with Crippen molar-refractivity contribution in [1.29, 1.82) is 0 Å². The van der Waals surface area contributed by atoms with Gasteiger partial charge < -0.3 is 0 Å². The van der Waals surface area contributed by atoms with Crippen molar-refractivity contribution < 1.29 is 14.1 Å². The van der Waals surface area contributed by atoms with Gasteiger partial charge in [0, 0.05) is 13.1 Å². The number of halogens is 3. The quantitative estimate of drug-likeness (QED) is 0.671. The van der Waals surface area contributed by atoms with Gasteiger partial charge in [-0.05, 0) is 12.8 Å². The van der Waals surface area contributed by atoms with Crippen LogP contribution in [0.4, 0.5) is 14.1 Å². The molecule has 0 aliphatic heterocycles. The molecule has 0 aliphatic rings. The molecule has 0 bridgehead atoms. The Kier molecular flexibility index (Phi) is 33.9. The lowest BCUT2D eigenvalue weighted by Crippen LogP contribution is -2.13. The fraction of sp³-hybridized carbons (Fsp3) is 1.00. The van der Waals surface area contributed by atoms with E-state index >= 15 is 0 Å². The van der Waals surface area contributed by atoms with E-state index in [1.54, 1.807) is 0 Å². The minimum atomic E-state index is 0. The Hall–Kier alpha value is 0.100. The highest BCUT2D eigenvalue weighted by Crippen LogP contribution is 1.95. The maximum Gasteiger partial charge on any atom is 0.00843 e. The molecule has 0 saturated heterocycles. The van der Waals surface area contributed by atoms with Crippen LogP contribution in [0, 0.1) is 0 Å². The van der Waals surface area contributed by atoms with Crippen molar-refractivity contribution in [3.05, 3.63) is 0 Å². The zero-order valence-corrected chi connectivity index (χ0v) is 7.84. The molecule has 0 aromatic rings. The van der Waals surface area contributed by atoms with Crippen molar-refractivity contribution in [3.63, 3.8) is 0 Å². The number of rotatable bonds is 4. The van der Waals surface area contributed by atoms with Gasteiger partial charge in [0.05, 0.1) is 0 Å². The maximum atomic E-state index is 4.22. The number of nitrogens with zero attached hydrogens (tertiary/aromatic N) is 1. The van der Waals surface area contributed by atoms with Crippen LogP contribution in [-0.4, -0.2) is 17.4 Å². The van der Waals surface area contributed by atoms with E-state index in [0.717, 1.165) is 13.1 Å². The summed E-state index contributed by atoms with van der Waals surface area (Å²) in [5.41, 5.74) is 0. The van der Waals surface area contributed by atoms with Crippen LogP contribution >= 0.6 is 12.8 Å². The first-order valence-electron chi connectivity index (χ1n) is 3.25. The van der Waals surface area contributed by atoms with Crippen molar-refractivity contribution in [2.24, 2.45) is 0 Å². The molecule has 0 radical (unpaired) electrons. The minimum absolute atomic E-state index is 0. The smallest absolute Gasteiger partial charge is 0.00843 e. The molecule has 0 aliphatic carbocycles. The average molecular weight is 193 g/mol. The summed E-state index contributed by atoms with van der Waals surface area (Å²) in [6.45, 7) is 6.55. The van der Waals surface area contributed by atoms with Gasteiger partial charge in [-0.2, -0.15) is 0 Å². The van der Waals surface area contributed by atoms with E-state index in [-0.39, 0.29) is 14.1 Å². The topological polar surface area (TPSA) is 3.24 Å². The normalized spacial score (nSPS) is 7.64. The van der Waals surface area contributed by atoms with Crippen molar-refractivity contribution in [2.75, 3.05) is 13.1 Å². The summed E-state index contributed by atoms with van der Waals surface area (Å²) < 4.78 is 2.06. The van der Waals surface area contributed by atoms with E-state index in [0.29, 0.717) is 0 Å². The highest BCUT2D eigenvalue weighted by molar-refractivity contribution is 7.77. The first-order valence-corrected chi connectivity index (χ1v) is 3.65. The summed E-state index contributed by atoms with van der Waals surface area (Å²) in [6.07, 6.45) is 2.40. The summed E-state index contributed by atoms with van der Waals surface area (Å²) in [5, 5.41) is 0. The van der Waals surface area contributed by atoms with Crippen molar-refractivity contribution in [3.8, 4) is 0 Å². The van der Waals surface area contributed by atoms with Crippen LogP contribution < -0.4 is 0 Å². The summed E-state index contributed by atoms with van der Waals surface area (Å²) in [4.78, 5) is 0. The molecule has 1 nitrogen and oxygen atoms in total. The number of hydrogen-bond acceptors (Lipinski definition) is 2. The fourth-order valence-electron chi connectivity index (χ4n) is 0.628. The van der Waals surface area contributed by atoms with Crippen LogP contribution in [0.5, 0.6) is 0 Å². The van der Waals surface area contributed by atoms with Gasteiger partial charge in [-0.15, -0.1) is 0 Å². The van der Waals surface area contributed by atoms with E-state index in [1.165, 1.54) is 12.8 Å². The highest BCUT2D eigenvalue weighted by Gasteiger charge is 1.91. The molecule has 0 aromatic heterocycles. The van der Waals surface area contributed by atoms with Crippen molar-refractivity contribution in [2.45, 2.75) is 26.7 Å².